The summed E-state index contributed by atoms with van der Waals surface area (Å²) in [5.74, 6) is -2.33. The SMILES string of the molecule is CCCC1=C(C#N)CC(C)(C(=O)O)C(COC)N1c1ccc(F)cc1C(F)(F)F. The van der Waals surface area contributed by atoms with E-state index in [2.05, 4.69) is 0 Å². The van der Waals surface area contributed by atoms with Crippen LogP contribution in [0.1, 0.15) is 38.7 Å². The van der Waals surface area contributed by atoms with Crippen molar-refractivity contribution in [3.8, 4) is 6.07 Å². The quantitative estimate of drug-likeness (QED) is 0.681. The molecule has 29 heavy (non-hydrogen) atoms. The van der Waals surface area contributed by atoms with Crippen LogP contribution in [0.25, 0.3) is 0 Å². The van der Waals surface area contributed by atoms with E-state index in [9.17, 15) is 32.7 Å². The Morgan fingerprint density at radius 3 is 2.59 bits per heavy atom. The number of nitriles is 1. The van der Waals surface area contributed by atoms with E-state index in [1.807, 2.05) is 6.07 Å². The van der Waals surface area contributed by atoms with Crippen LogP contribution >= 0.6 is 0 Å². The number of allylic oxidation sites excluding steroid dienone is 2. The molecular weight excluding hydrogens is 392 g/mol. The number of rotatable bonds is 6. The topological polar surface area (TPSA) is 73.6 Å². The van der Waals surface area contributed by atoms with Crippen LogP contribution in [0, 0.1) is 22.6 Å². The first-order chi connectivity index (χ1) is 13.5. The fraction of sp³-hybridized carbons (Fsp3) is 0.500. The highest BCUT2D eigenvalue weighted by Gasteiger charge is 2.51. The predicted octanol–water partition coefficient (Wildman–Crippen LogP) is 4.74. The van der Waals surface area contributed by atoms with Gasteiger partial charge in [-0.1, -0.05) is 13.3 Å². The van der Waals surface area contributed by atoms with Crippen molar-refractivity contribution in [2.45, 2.75) is 45.3 Å². The van der Waals surface area contributed by atoms with Crippen molar-refractivity contribution in [1.82, 2.24) is 0 Å². The maximum Gasteiger partial charge on any atom is 0.418 e. The Labute approximate surface area is 166 Å². The summed E-state index contributed by atoms with van der Waals surface area (Å²) in [4.78, 5) is 13.3. The Hall–Kier alpha value is -2.60. The summed E-state index contributed by atoms with van der Waals surface area (Å²) in [6, 6.07) is 3.16. The molecule has 0 fully saturated rings. The van der Waals surface area contributed by atoms with E-state index in [1.54, 1.807) is 6.92 Å². The average molecular weight is 414 g/mol. The van der Waals surface area contributed by atoms with Crippen LogP contribution in [0.4, 0.5) is 23.2 Å². The lowest BCUT2D eigenvalue weighted by Gasteiger charge is -2.48. The Balaban J connectivity index is 2.88. The molecule has 1 N–H and O–H groups in total. The number of carboxylic acids is 1. The van der Waals surface area contributed by atoms with Gasteiger partial charge in [0.1, 0.15) is 5.82 Å². The van der Waals surface area contributed by atoms with Crippen LogP contribution in [0.2, 0.25) is 0 Å². The summed E-state index contributed by atoms with van der Waals surface area (Å²) in [5.41, 5.74) is -2.83. The van der Waals surface area contributed by atoms with E-state index in [4.69, 9.17) is 4.74 Å². The Morgan fingerprint density at radius 1 is 1.45 bits per heavy atom. The Kier molecular flexibility index (Phi) is 6.58. The number of carbonyl (C=O) groups is 1. The third kappa shape index (κ3) is 4.22. The molecule has 2 rings (SSSR count). The second-order valence-corrected chi connectivity index (χ2v) is 7.19. The minimum absolute atomic E-state index is 0.0987. The van der Waals surface area contributed by atoms with Gasteiger partial charge in [0, 0.05) is 19.2 Å². The van der Waals surface area contributed by atoms with Crippen LogP contribution in [0.3, 0.4) is 0 Å². The number of aliphatic carboxylic acids is 1. The lowest BCUT2D eigenvalue weighted by Crippen LogP contribution is -2.56. The van der Waals surface area contributed by atoms with Crippen LogP contribution in [0.5, 0.6) is 0 Å². The van der Waals surface area contributed by atoms with Gasteiger partial charge >= 0.3 is 12.1 Å². The monoisotopic (exact) mass is 414 g/mol. The van der Waals surface area contributed by atoms with Crippen molar-refractivity contribution in [3.05, 3.63) is 40.8 Å². The fourth-order valence-electron chi connectivity index (χ4n) is 3.71. The molecule has 1 heterocycles. The van der Waals surface area contributed by atoms with Gasteiger partial charge in [-0.25, -0.2) is 4.39 Å². The predicted molar refractivity (Wildman–Crippen MR) is 97.5 cm³/mol. The number of nitrogens with zero attached hydrogens (tertiary/aromatic N) is 2. The number of carboxylic acid groups (broad SMARTS) is 1. The molecule has 158 valence electrons. The maximum absolute atomic E-state index is 13.7. The minimum Gasteiger partial charge on any atom is -0.481 e. The summed E-state index contributed by atoms with van der Waals surface area (Å²) < 4.78 is 60.0. The number of methoxy groups -OCH3 is 1. The number of benzene rings is 1. The Morgan fingerprint density at radius 2 is 2.10 bits per heavy atom. The van der Waals surface area contributed by atoms with Gasteiger partial charge in [-0.2, -0.15) is 18.4 Å². The number of hydrogen-bond acceptors (Lipinski definition) is 4. The van der Waals surface area contributed by atoms with E-state index >= 15 is 0 Å². The van der Waals surface area contributed by atoms with E-state index < -0.39 is 40.7 Å². The fourth-order valence-corrected chi connectivity index (χ4v) is 3.71. The van der Waals surface area contributed by atoms with Gasteiger partial charge < -0.3 is 14.7 Å². The molecule has 0 saturated carbocycles. The molecule has 5 nitrogen and oxygen atoms in total. The van der Waals surface area contributed by atoms with Crippen molar-refractivity contribution in [2.75, 3.05) is 18.6 Å². The molecule has 0 bridgehead atoms. The molecule has 2 atom stereocenters. The van der Waals surface area contributed by atoms with E-state index in [0.29, 0.717) is 18.2 Å². The molecule has 1 aliphatic rings. The molecule has 0 spiro atoms. The molecule has 1 aromatic carbocycles. The van der Waals surface area contributed by atoms with Gasteiger partial charge in [-0.15, -0.1) is 0 Å². The van der Waals surface area contributed by atoms with Crippen molar-refractivity contribution in [2.24, 2.45) is 5.41 Å². The molecule has 1 aliphatic heterocycles. The molecular formula is C20H22F4N2O3. The standard InChI is InChI=1S/C20H22F4N2O3/c1-4-5-15-12(10-25)9-19(2,18(27)28)17(11-29-3)26(15)16-7-6-13(21)8-14(16)20(22,23)24/h6-8,17H,4-5,9,11H2,1-3H3,(H,27,28). The average Bonchev–Trinajstić information content (AvgIpc) is 2.64. The van der Waals surface area contributed by atoms with E-state index in [1.165, 1.54) is 18.9 Å². The number of anilines is 1. The van der Waals surface area contributed by atoms with Crippen molar-refractivity contribution in [3.63, 3.8) is 0 Å². The number of alkyl halides is 3. The normalized spacial score (nSPS) is 22.6. The zero-order valence-corrected chi connectivity index (χ0v) is 16.3. The largest absolute Gasteiger partial charge is 0.481 e. The van der Waals surface area contributed by atoms with Crippen LogP contribution in [-0.4, -0.2) is 30.8 Å². The Bertz CT molecular complexity index is 860. The lowest BCUT2D eigenvalue weighted by molar-refractivity contribution is -0.150. The molecule has 0 saturated heterocycles. The molecule has 9 heteroatoms. The summed E-state index contributed by atoms with van der Waals surface area (Å²) in [5, 5.41) is 19.5. The molecule has 0 radical (unpaired) electrons. The van der Waals surface area contributed by atoms with Crippen molar-refractivity contribution < 1.29 is 32.2 Å². The van der Waals surface area contributed by atoms with Gasteiger partial charge in [0.15, 0.2) is 0 Å². The van der Waals surface area contributed by atoms with Crippen LogP contribution in [-0.2, 0) is 15.7 Å². The minimum atomic E-state index is -4.88. The lowest BCUT2D eigenvalue weighted by atomic mass is 9.72. The summed E-state index contributed by atoms with van der Waals surface area (Å²) in [6.07, 6.45) is -4.24. The van der Waals surface area contributed by atoms with E-state index in [0.717, 1.165) is 12.1 Å². The second kappa shape index (κ2) is 8.41. The van der Waals surface area contributed by atoms with Gasteiger partial charge in [0.25, 0.3) is 0 Å². The molecule has 2 unspecified atom stereocenters. The summed E-state index contributed by atoms with van der Waals surface area (Å²) >= 11 is 0. The number of hydrogen-bond donors (Lipinski definition) is 1. The van der Waals surface area contributed by atoms with Crippen molar-refractivity contribution in [1.29, 1.82) is 5.26 Å². The molecule has 0 aromatic heterocycles. The summed E-state index contributed by atoms with van der Waals surface area (Å²) in [6.45, 7) is 2.98. The zero-order chi connectivity index (χ0) is 22.0. The highest BCUT2D eigenvalue weighted by molar-refractivity contribution is 5.79. The smallest absolute Gasteiger partial charge is 0.418 e. The first-order valence-electron chi connectivity index (χ1n) is 9.01. The first kappa shape index (κ1) is 22.7. The van der Waals surface area contributed by atoms with Gasteiger partial charge in [-0.05, 0) is 31.5 Å². The third-order valence-electron chi connectivity index (χ3n) is 5.19. The van der Waals surface area contributed by atoms with Crippen LogP contribution < -0.4 is 4.90 Å². The highest BCUT2D eigenvalue weighted by Crippen LogP contribution is 2.47. The zero-order valence-electron chi connectivity index (χ0n) is 16.3. The van der Waals surface area contributed by atoms with Gasteiger partial charge in [0.2, 0.25) is 0 Å². The summed E-state index contributed by atoms with van der Waals surface area (Å²) in [7, 11) is 1.32. The highest BCUT2D eigenvalue weighted by atomic mass is 19.4. The third-order valence-corrected chi connectivity index (χ3v) is 5.19. The van der Waals surface area contributed by atoms with Gasteiger partial charge in [0.05, 0.1) is 41.0 Å². The molecule has 1 aromatic rings. The van der Waals surface area contributed by atoms with Crippen LogP contribution in [0.15, 0.2) is 29.5 Å². The maximum atomic E-state index is 13.7. The van der Waals surface area contributed by atoms with Gasteiger partial charge in [-0.3, -0.25) is 4.79 Å². The number of ether oxygens (including phenoxy) is 1. The number of halogens is 4. The first-order valence-corrected chi connectivity index (χ1v) is 9.01. The second-order valence-electron chi connectivity index (χ2n) is 7.19. The molecule has 0 amide bonds. The molecule has 0 aliphatic carbocycles. The van der Waals surface area contributed by atoms with Crippen molar-refractivity contribution >= 4 is 11.7 Å². The van der Waals surface area contributed by atoms with E-state index in [-0.39, 0.29) is 25.0 Å².